The molecule has 0 aliphatic heterocycles. The van der Waals surface area contributed by atoms with Gasteiger partial charge in [0.05, 0.1) is 12.7 Å². The van der Waals surface area contributed by atoms with Crippen molar-refractivity contribution < 1.29 is 9.53 Å². The molecular formula is C16H25N3O2. The van der Waals surface area contributed by atoms with Crippen LogP contribution in [0.1, 0.15) is 67.5 Å². The number of hydrogen-bond acceptors (Lipinski definition) is 3. The molecule has 21 heavy (non-hydrogen) atoms. The number of ether oxygens (including phenoxy) is 1. The highest BCUT2D eigenvalue weighted by Crippen LogP contribution is 2.38. The van der Waals surface area contributed by atoms with E-state index in [9.17, 15) is 4.79 Å². The van der Waals surface area contributed by atoms with E-state index < -0.39 is 0 Å². The van der Waals surface area contributed by atoms with Gasteiger partial charge in [0.15, 0.2) is 0 Å². The molecule has 0 bridgehead atoms. The van der Waals surface area contributed by atoms with E-state index in [-0.39, 0.29) is 5.91 Å². The molecule has 2 N–H and O–H groups in total. The second-order valence-corrected chi connectivity index (χ2v) is 6.41. The summed E-state index contributed by atoms with van der Waals surface area (Å²) in [5.41, 5.74) is 1.58. The lowest BCUT2D eigenvalue weighted by Gasteiger charge is -2.28. The number of aromatic amines is 1. The molecule has 2 aliphatic carbocycles. The highest BCUT2D eigenvalue weighted by Gasteiger charge is 2.26. The minimum Gasteiger partial charge on any atom is -0.376 e. The molecule has 1 amide bonds. The van der Waals surface area contributed by atoms with E-state index in [2.05, 4.69) is 22.4 Å². The lowest BCUT2D eigenvalue weighted by molar-refractivity contribution is -0.00295. The maximum atomic E-state index is 12.0. The number of nitrogens with zero attached hydrogens (tertiary/aromatic N) is 1. The van der Waals surface area contributed by atoms with Gasteiger partial charge in [-0.25, -0.2) is 0 Å². The van der Waals surface area contributed by atoms with E-state index in [0.29, 0.717) is 36.8 Å². The fourth-order valence-corrected chi connectivity index (χ4v) is 3.05. The highest BCUT2D eigenvalue weighted by molar-refractivity contribution is 5.92. The molecule has 0 saturated heterocycles. The molecule has 1 heterocycles. The Morgan fingerprint density at radius 3 is 2.95 bits per heavy atom. The molecule has 0 unspecified atom stereocenters. The first-order valence-electron chi connectivity index (χ1n) is 8.19. The van der Waals surface area contributed by atoms with Crippen LogP contribution in [-0.4, -0.2) is 35.4 Å². The van der Waals surface area contributed by atoms with Crippen LogP contribution in [0, 0.1) is 5.92 Å². The molecular weight excluding hydrogens is 266 g/mol. The van der Waals surface area contributed by atoms with Crippen molar-refractivity contribution in [2.24, 2.45) is 5.92 Å². The lowest BCUT2D eigenvalue weighted by atomic mass is 9.88. The summed E-state index contributed by atoms with van der Waals surface area (Å²) < 4.78 is 5.89. The van der Waals surface area contributed by atoms with E-state index in [1.165, 1.54) is 32.1 Å². The average Bonchev–Trinajstić information content (AvgIpc) is 3.22. The quantitative estimate of drug-likeness (QED) is 0.792. The number of carbonyl (C=O) groups is 1. The van der Waals surface area contributed by atoms with Gasteiger partial charge >= 0.3 is 0 Å². The Kier molecular flexibility index (Phi) is 4.58. The summed E-state index contributed by atoms with van der Waals surface area (Å²) in [7, 11) is 0. The van der Waals surface area contributed by atoms with Crippen molar-refractivity contribution in [3.05, 3.63) is 17.5 Å². The molecule has 2 fully saturated rings. The van der Waals surface area contributed by atoms with Crippen LogP contribution < -0.4 is 5.32 Å². The summed E-state index contributed by atoms with van der Waals surface area (Å²) in [6.07, 6.45) is 7.77. The van der Waals surface area contributed by atoms with Crippen molar-refractivity contribution in [3.63, 3.8) is 0 Å². The van der Waals surface area contributed by atoms with Crippen LogP contribution >= 0.6 is 0 Å². The van der Waals surface area contributed by atoms with E-state index in [0.717, 1.165) is 12.1 Å². The summed E-state index contributed by atoms with van der Waals surface area (Å²) in [4.78, 5) is 12.0. The molecule has 0 radical (unpaired) electrons. The molecule has 5 nitrogen and oxygen atoms in total. The minimum atomic E-state index is -0.113. The zero-order valence-electron chi connectivity index (χ0n) is 12.7. The van der Waals surface area contributed by atoms with Crippen molar-refractivity contribution in [1.82, 2.24) is 15.5 Å². The normalized spacial score (nSPS) is 25.8. The number of aromatic nitrogens is 2. The summed E-state index contributed by atoms with van der Waals surface area (Å²) in [5, 5.41) is 9.91. The van der Waals surface area contributed by atoms with Crippen LogP contribution in [-0.2, 0) is 4.74 Å². The first kappa shape index (κ1) is 14.6. The van der Waals surface area contributed by atoms with Crippen LogP contribution in [0.25, 0.3) is 0 Å². The van der Waals surface area contributed by atoms with Crippen LogP contribution in [0.15, 0.2) is 6.07 Å². The Balaban J connectivity index is 1.37. The van der Waals surface area contributed by atoms with E-state index in [1.54, 1.807) is 0 Å². The van der Waals surface area contributed by atoms with Gasteiger partial charge in [0, 0.05) is 18.2 Å². The van der Waals surface area contributed by atoms with E-state index in [4.69, 9.17) is 4.74 Å². The summed E-state index contributed by atoms with van der Waals surface area (Å²) in [5.74, 6) is 1.12. The second-order valence-electron chi connectivity index (χ2n) is 6.41. The number of carbonyl (C=O) groups excluding carboxylic acids is 1. The van der Waals surface area contributed by atoms with Gasteiger partial charge in [-0.05, 0) is 37.7 Å². The van der Waals surface area contributed by atoms with Gasteiger partial charge in [-0.2, -0.15) is 5.10 Å². The van der Waals surface area contributed by atoms with Gasteiger partial charge in [0.1, 0.15) is 5.69 Å². The van der Waals surface area contributed by atoms with E-state index >= 15 is 0 Å². The zero-order chi connectivity index (χ0) is 14.7. The Hall–Kier alpha value is -1.36. The highest BCUT2D eigenvalue weighted by atomic mass is 16.5. The topological polar surface area (TPSA) is 67.0 Å². The van der Waals surface area contributed by atoms with Crippen molar-refractivity contribution in [2.45, 2.75) is 57.5 Å². The van der Waals surface area contributed by atoms with Crippen LogP contribution in [0.3, 0.4) is 0 Å². The van der Waals surface area contributed by atoms with E-state index in [1.807, 2.05) is 6.07 Å². The van der Waals surface area contributed by atoms with Gasteiger partial charge in [0.2, 0.25) is 0 Å². The molecule has 1 aromatic rings. The predicted octanol–water partition coefficient (Wildman–Crippen LogP) is 2.61. The standard InChI is InChI=1S/C16H25N3O2/c1-11-4-2-3-5-15(11)21-9-8-17-16(20)14-10-13(18-19-14)12-6-7-12/h10-12,15H,2-9H2,1H3,(H,17,20)(H,18,19)/t11-,15-/m0/s1. The van der Waals surface area contributed by atoms with Crippen molar-refractivity contribution in [1.29, 1.82) is 0 Å². The zero-order valence-corrected chi connectivity index (χ0v) is 12.7. The molecule has 0 aromatic carbocycles. The number of rotatable bonds is 6. The van der Waals surface area contributed by atoms with Gasteiger partial charge in [-0.1, -0.05) is 19.8 Å². The maximum absolute atomic E-state index is 12.0. The van der Waals surface area contributed by atoms with Gasteiger partial charge in [-0.15, -0.1) is 0 Å². The van der Waals surface area contributed by atoms with Crippen molar-refractivity contribution in [2.75, 3.05) is 13.2 Å². The Labute approximate surface area is 125 Å². The van der Waals surface area contributed by atoms with Gasteiger partial charge in [0.25, 0.3) is 5.91 Å². The smallest absolute Gasteiger partial charge is 0.271 e. The minimum absolute atomic E-state index is 0.113. The average molecular weight is 291 g/mol. The third kappa shape index (κ3) is 3.84. The molecule has 116 valence electrons. The Morgan fingerprint density at radius 2 is 2.19 bits per heavy atom. The fraction of sp³-hybridized carbons (Fsp3) is 0.750. The SMILES string of the molecule is C[C@H]1CCCC[C@@H]1OCCNC(=O)c1cc(C2CC2)[nH]n1. The molecule has 5 heteroatoms. The van der Waals surface area contributed by atoms with Crippen LogP contribution in [0.4, 0.5) is 0 Å². The Morgan fingerprint density at radius 1 is 1.38 bits per heavy atom. The molecule has 2 saturated carbocycles. The third-order valence-electron chi connectivity index (χ3n) is 4.60. The molecule has 3 rings (SSSR count). The first-order chi connectivity index (χ1) is 10.2. The van der Waals surface area contributed by atoms with Crippen LogP contribution in [0.2, 0.25) is 0 Å². The molecule has 0 spiro atoms. The fourth-order valence-electron chi connectivity index (χ4n) is 3.05. The number of H-pyrrole nitrogens is 1. The first-order valence-corrected chi connectivity index (χ1v) is 8.19. The Bertz CT molecular complexity index is 482. The number of amides is 1. The summed E-state index contributed by atoms with van der Waals surface area (Å²) in [6.45, 7) is 3.39. The monoisotopic (exact) mass is 291 g/mol. The van der Waals surface area contributed by atoms with Crippen molar-refractivity contribution in [3.8, 4) is 0 Å². The van der Waals surface area contributed by atoms with Crippen molar-refractivity contribution >= 4 is 5.91 Å². The maximum Gasteiger partial charge on any atom is 0.271 e. The molecule has 1 aromatic heterocycles. The van der Waals surface area contributed by atoms with Gasteiger partial charge < -0.3 is 10.1 Å². The largest absolute Gasteiger partial charge is 0.376 e. The molecule has 2 aliphatic rings. The third-order valence-corrected chi connectivity index (χ3v) is 4.60. The second kappa shape index (κ2) is 6.60. The number of nitrogens with one attached hydrogen (secondary N) is 2. The summed E-state index contributed by atoms with van der Waals surface area (Å²) >= 11 is 0. The molecule has 2 atom stereocenters. The van der Waals surface area contributed by atoms with Gasteiger partial charge in [-0.3, -0.25) is 9.89 Å². The summed E-state index contributed by atoms with van der Waals surface area (Å²) in [6, 6.07) is 1.87. The van der Waals surface area contributed by atoms with Crippen LogP contribution in [0.5, 0.6) is 0 Å². The number of hydrogen-bond donors (Lipinski definition) is 2. The lowest BCUT2D eigenvalue weighted by Crippen LogP contribution is -2.32. The predicted molar refractivity (Wildman–Crippen MR) is 80.3 cm³/mol.